The molecule has 5 nitrogen and oxygen atoms in total. The molecule has 1 saturated carbocycles. The van der Waals surface area contributed by atoms with E-state index in [2.05, 4.69) is 10.1 Å². The van der Waals surface area contributed by atoms with E-state index in [1.54, 1.807) is 0 Å². The first-order chi connectivity index (χ1) is 9.34. The van der Waals surface area contributed by atoms with Gasteiger partial charge in [-0.3, -0.25) is 0 Å². The average molecular weight is 265 g/mol. The normalized spacial score (nSPS) is 24.5. The predicted molar refractivity (Wildman–Crippen MR) is 70.6 cm³/mol. The zero-order valence-electron chi connectivity index (χ0n) is 11.4. The van der Waals surface area contributed by atoms with E-state index in [0.717, 1.165) is 31.9 Å². The lowest BCUT2D eigenvalue weighted by Gasteiger charge is -2.25. The lowest BCUT2D eigenvalue weighted by atomic mass is 9.89. The second kappa shape index (κ2) is 6.01. The van der Waals surface area contributed by atoms with Gasteiger partial charge in [0, 0.05) is 19.1 Å². The van der Waals surface area contributed by atoms with Crippen molar-refractivity contribution in [1.82, 2.24) is 10.1 Å². The number of rotatable bonds is 3. The number of hydrogen-bond donors (Lipinski definition) is 1. The molecule has 106 valence electrons. The Hall–Kier alpha value is -0.940. The van der Waals surface area contributed by atoms with Gasteiger partial charge in [-0.15, -0.1) is 0 Å². The van der Waals surface area contributed by atoms with Crippen LogP contribution >= 0.6 is 0 Å². The summed E-state index contributed by atoms with van der Waals surface area (Å²) in [6, 6.07) is -0.131. The summed E-state index contributed by atoms with van der Waals surface area (Å²) in [6.45, 7) is 1.59. The Bertz CT molecular complexity index is 395. The molecule has 1 atom stereocenters. The summed E-state index contributed by atoms with van der Waals surface area (Å²) in [4.78, 5) is 4.57. The first-order valence-corrected chi connectivity index (χ1v) is 7.51. The molecular formula is C14H23N3O2. The van der Waals surface area contributed by atoms with Crippen LogP contribution in [0.15, 0.2) is 4.52 Å². The molecule has 1 aliphatic carbocycles. The Kier molecular flexibility index (Phi) is 4.13. The van der Waals surface area contributed by atoms with Gasteiger partial charge in [-0.2, -0.15) is 4.98 Å². The number of nitrogens with zero attached hydrogens (tertiary/aromatic N) is 2. The van der Waals surface area contributed by atoms with Crippen LogP contribution in [0.4, 0.5) is 0 Å². The van der Waals surface area contributed by atoms with Gasteiger partial charge in [-0.1, -0.05) is 24.4 Å². The van der Waals surface area contributed by atoms with Crippen LogP contribution in [-0.4, -0.2) is 23.4 Å². The fourth-order valence-corrected chi connectivity index (χ4v) is 3.19. The fourth-order valence-electron chi connectivity index (χ4n) is 3.19. The molecule has 0 aromatic carbocycles. The molecule has 5 heteroatoms. The Labute approximate surface area is 113 Å². The molecular weight excluding hydrogens is 242 g/mol. The highest BCUT2D eigenvalue weighted by atomic mass is 16.5. The van der Waals surface area contributed by atoms with Crippen molar-refractivity contribution in [2.24, 2.45) is 11.7 Å². The van der Waals surface area contributed by atoms with E-state index < -0.39 is 0 Å². The summed E-state index contributed by atoms with van der Waals surface area (Å²) < 4.78 is 10.8. The van der Waals surface area contributed by atoms with Crippen molar-refractivity contribution in [3.05, 3.63) is 11.7 Å². The number of aromatic nitrogens is 2. The maximum absolute atomic E-state index is 6.26. The van der Waals surface area contributed by atoms with Gasteiger partial charge in [0.2, 0.25) is 5.89 Å². The van der Waals surface area contributed by atoms with Gasteiger partial charge >= 0.3 is 0 Å². The van der Waals surface area contributed by atoms with E-state index in [-0.39, 0.29) is 6.04 Å². The molecule has 0 radical (unpaired) electrons. The smallest absolute Gasteiger partial charge is 0.243 e. The first kappa shape index (κ1) is 13.1. The molecule has 2 heterocycles. The Balaban J connectivity index is 1.65. The van der Waals surface area contributed by atoms with Crippen LogP contribution in [0.25, 0.3) is 0 Å². The second-order valence-corrected chi connectivity index (χ2v) is 5.80. The molecule has 2 aliphatic rings. The molecule has 1 unspecified atom stereocenters. The first-order valence-electron chi connectivity index (χ1n) is 7.51. The van der Waals surface area contributed by atoms with Gasteiger partial charge in [0.1, 0.15) is 0 Å². The summed E-state index contributed by atoms with van der Waals surface area (Å²) in [5.41, 5.74) is 6.26. The Morgan fingerprint density at radius 2 is 1.79 bits per heavy atom. The quantitative estimate of drug-likeness (QED) is 0.909. The Morgan fingerprint density at radius 1 is 1.05 bits per heavy atom. The van der Waals surface area contributed by atoms with E-state index in [0.29, 0.717) is 17.7 Å². The predicted octanol–water partition coefficient (Wildman–Crippen LogP) is 2.54. The van der Waals surface area contributed by atoms with Crippen LogP contribution in [0.1, 0.15) is 68.6 Å². The third-order valence-electron chi connectivity index (χ3n) is 4.49. The molecule has 2 fully saturated rings. The minimum atomic E-state index is -0.131. The third-order valence-corrected chi connectivity index (χ3v) is 4.49. The monoisotopic (exact) mass is 265 g/mol. The molecule has 1 aliphatic heterocycles. The van der Waals surface area contributed by atoms with Crippen LogP contribution < -0.4 is 5.73 Å². The van der Waals surface area contributed by atoms with Gasteiger partial charge in [-0.25, -0.2) is 0 Å². The van der Waals surface area contributed by atoms with E-state index >= 15 is 0 Å². The molecule has 0 amide bonds. The van der Waals surface area contributed by atoms with Gasteiger partial charge in [-0.05, 0) is 31.6 Å². The van der Waals surface area contributed by atoms with Crippen LogP contribution in [0.5, 0.6) is 0 Å². The molecule has 1 aromatic heterocycles. The van der Waals surface area contributed by atoms with E-state index in [9.17, 15) is 0 Å². The highest BCUT2D eigenvalue weighted by molar-refractivity contribution is 5.00. The zero-order valence-corrected chi connectivity index (χ0v) is 11.4. The largest absolute Gasteiger partial charge is 0.381 e. The van der Waals surface area contributed by atoms with Crippen molar-refractivity contribution in [3.8, 4) is 0 Å². The maximum atomic E-state index is 6.26. The lowest BCUT2D eigenvalue weighted by molar-refractivity contribution is 0.0546. The van der Waals surface area contributed by atoms with Crippen LogP contribution in [0, 0.1) is 5.92 Å². The topological polar surface area (TPSA) is 74.2 Å². The van der Waals surface area contributed by atoms with E-state index in [4.69, 9.17) is 15.0 Å². The summed E-state index contributed by atoms with van der Waals surface area (Å²) in [7, 11) is 0. The van der Waals surface area contributed by atoms with Crippen molar-refractivity contribution >= 4 is 0 Å². The van der Waals surface area contributed by atoms with Gasteiger partial charge in [0.05, 0.1) is 6.04 Å². The molecule has 2 N–H and O–H groups in total. The van der Waals surface area contributed by atoms with Crippen molar-refractivity contribution in [3.63, 3.8) is 0 Å². The SMILES string of the molecule is NC(c1nc(C2CCCCC2)no1)C1CCOCC1. The summed E-state index contributed by atoms with van der Waals surface area (Å²) >= 11 is 0. The Morgan fingerprint density at radius 3 is 2.53 bits per heavy atom. The summed E-state index contributed by atoms with van der Waals surface area (Å²) in [5.74, 6) is 2.38. The highest BCUT2D eigenvalue weighted by Crippen LogP contribution is 2.32. The van der Waals surface area contributed by atoms with E-state index in [1.165, 1.54) is 32.1 Å². The maximum Gasteiger partial charge on any atom is 0.243 e. The summed E-state index contributed by atoms with van der Waals surface area (Å²) in [6.07, 6.45) is 8.24. The van der Waals surface area contributed by atoms with E-state index in [1.807, 2.05) is 0 Å². The molecule has 1 aromatic rings. The van der Waals surface area contributed by atoms with Crippen molar-refractivity contribution in [1.29, 1.82) is 0 Å². The van der Waals surface area contributed by atoms with Gasteiger partial charge in [0.15, 0.2) is 5.82 Å². The molecule has 0 spiro atoms. The number of nitrogens with two attached hydrogens (primary N) is 1. The summed E-state index contributed by atoms with van der Waals surface area (Å²) in [5, 5.41) is 4.16. The number of ether oxygens (including phenoxy) is 1. The minimum absolute atomic E-state index is 0.131. The van der Waals surface area contributed by atoms with Crippen molar-refractivity contribution in [2.75, 3.05) is 13.2 Å². The fraction of sp³-hybridized carbons (Fsp3) is 0.857. The van der Waals surface area contributed by atoms with Gasteiger partial charge in [0.25, 0.3) is 0 Å². The van der Waals surface area contributed by atoms with Crippen molar-refractivity contribution in [2.45, 2.75) is 56.9 Å². The second-order valence-electron chi connectivity index (χ2n) is 5.80. The van der Waals surface area contributed by atoms with Crippen LogP contribution in [-0.2, 0) is 4.74 Å². The van der Waals surface area contributed by atoms with Crippen LogP contribution in [0.2, 0.25) is 0 Å². The average Bonchev–Trinajstić information content (AvgIpc) is 2.98. The highest BCUT2D eigenvalue weighted by Gasteiger charge is 2.28. The molecule has 19 heavy (non-hydrogen) atoms. The molecule has 3 rings (SSSR count). The molecule has 1 saturated heterocycles. The minimum Gasteiger partial charge on any atom is -0.381 e. The standard InChI is InChI=1S/C14H23N3O2/c15-12(10-6-8-18-9-7-10)14-16-13(17-19-14)11-4-2-1-3-5-11/h10-12H,1-9,15H2. The lowest BCUT2D eigenvalue weighted by Crippen LogP contribution is -2.27. The zero-order chi connectivity index (χ0) is 13.1. The third kappa shape index (κ3) is 2.98. The van der Waals surface area contributed by atoms with Crippen LogP contribution in [0.3, 0.4) is 0 Å². The van der Waals surface area contributed by atoms with Crippen molar-refractivity contribution < 1.29 is 9.26 Å². The number of hydrogen-bond acceptors (Lipinski definition) is 5. The molecule has 0 bridgehead atoms. The van der Waals surface area contributed by atoms with Gasteiger partial charge < -0.3 is 15.0 Å².